The molecule has 1 aromatic heterocycles. The Balaban J connectivity index is 2.70. The first-order chi connectivity index (χ1) is 6.70. The van der Waals surface area contributed by atoms with Gasteiger partial charge in [0.05, 0.1) is 22.5 Å². The number of aryl methyl sites for hydroxylation is 2. The third-order valence-corrected chi connectivity index (χ3v) is 3.01. The summed E-state index contributed by atoms with van der Waals surface area (Å²) in [6, 6.07) is 0. The molecule has 14 heavy (non-hydrogen) atoms. The van der Waals surface area contributed by atoms with Crippen molar-refractivity contribution in [2.75, 3.05) is 6.61 Å². The molecular weight excluding hydrogens is 244 g/mol. The fourth-order valence-electron chi connectivity index (χ4n) is 1.29. The highest BCUT2D eigenvalue weighted by Gasteiger charge is 2.11. The predicted molar refractivity (Wildman–Crippen MR) is 60.2 cm³/mol. The Kier molecular flexibility index (Phi) is 4.62. The Morgan fingerprint density at radius 2 is 2.14 bits per heavy atom. The van der Waals surface area contributed by atoms with Crippen LogP contribution in [0.25, 0.3) is 0 Å². The zero-order valence-electron chi connectivity index (χ0n) is 9.01. The van der Waals surface area contributed by atoms with Crippen LogP contribution in [-0.2, 0) is 24.8 Å². The lowest BCUT2D eigenvalue weighted by Crippen LogP contribution is -2.02. The number of hydrogen-bond acceptors (Lipinski definition) is 2. The third-order valence-electron chi connectivity index (χ3n) is 2.09. The van der Waals surface area contributed by atoms with Gasteiger partial charge in [0.15, 0.2) is 0 Å². The van der Waals surface area contributed by atoms with Crippen molar-refractivity contribution in [3.05, 3.63) is 15.9 Å². The summed E-state index contributed by atoms with van der Waals surface area (Å²) < 4.78 is 8.48. The molecule has 0 N–H and O–H groups in total. The van der Waals surface area contributed by atoms with Crippen LogP contribution in [-0.4, -0.2) is 16.4 Å². The first kappa shape index (κ1) is 11.7. The van der Waals surface area contributed by atoms with E-state index < -0.39 is 0 Å². The van der Waals surface area contributed by atoms with Gasteiger partial charge in [-0.3, -0.25) is 4.68 Å². The highest BCUT2D eigenvalue weighted by molar-refractivity contribution is 9.10. The minimum Gasteiger partial charge on any atom is -0.375 e. The van der Waals surface area contributed by atoms with E-state index in [1.165, 1.54) is 0 Å². The van der Waals surface area contributed by atoms with E-state index >= 15 is 0 Å². The first-order valence-corrected chi connectivity index (χ1v) is 5.78. The molecular formula is C10H17BrN2O. The second kappa shape index (κ2) is 5.51. The van der Waals surface area contributed by atoms with Gasteiger partial charge in [0, 0.05) is 13.7 Å². The molecule has 0 spiro atoms. The zero-order chi connectivity index (χ0) is 10.6. The molecule has 0 saturated heterocycles. The van der Waals surface area contributed by atoms with Gasteiger partial charge < -0.3 is 4.74 Å². The van der Waals surface area contributed by atoms with E-state index in [-0.39, 0.29) is 0 Å². The van der Waals surface area contributed by atoms with Crippen molar-refractivity contribution in [1.82, 2.24) is 9.78 Å². The molecule has 0 aliphatic carbocycles. The average Bonchev–Trinajstić information content (AvgIpc) is 2.45. The molecule has 3 nitrogen and oxygen atoms in total. The van der Waals surface area contributed by atoms with Crippen molar-refractivity contribution < 1.29 is 4.74 Å². The molecule has 0 aliphatic rings. The summed E-state index contributed by atoms with van der Waals surface area (Å²) in [4.78, 5) is 0. The van der Waals surface area contributed by atoms with E-state index in [9.17, 15) is 0 Å². The molecule has 80 valence electrons. The van der Waals surface area contributed by atoms with E-state index in [2.05, 4.69) is 34.9 Å². The van der Waals surface area contributed by atoms with Crippen LogP contribution in [0.4, 0.5) is 0 Å². The average molecular weight is 261 g/mol. The zero-order valence-corrected chi connectivity index (χ0v) is 10.6. The number of aromatic nitrogens is 2. The SMILES string of the molecule is CCCOCc1c(Br)c(CC)nn1C. The minimum absolute atomic E-state index is 0.637. The van der Waals surface area contributed by atoms with Crippen molar-refractivity contribution >= 4 is 15.9 Å². The first-order valence-electron chi connectivity index (χ1n) is 4.98. The van der Waals surface area contributed by atoms with Crippen molar-refractivity contribution in [1.29, 1.82) is 0 Å². The monoisotopic (exact) mass is 260 g/mol. The van der Waals surface area contributed by atoms with E-state index in [1.54, 1.807) is 0 Å². The normalized spacial score (nSPS) is 10.9. The number of hydrogen-bond donors (Lipinski definition) is 0. The number of nitrogens with zero attached hydrogens (tertiary/aromatic N) is 2. The molecule has 0 aliphatic heterocycles. The molecule has 0 fully saturated rings. The van der Waals surface area contributed by atoms with Gasteiger partial charge in [-0.05, 0) is 28.8 Å². The maximum atomic E-state index is 5.50. The van der Waals surface area contributed by atoms with Gasteiger partial charge in [-0.1, -0.05) is 13.8 Å². The van der Waals surface area contributed by atoms with Crippen LogP contribution in [0.15, 0.2) is 4.47 Å². The summed E-state index contributed by atoms with van der Waals surface area (Å²) in [5.41, 5.74) is 2.22. The van der Waals surface area contributed by atoms with Crippen LogP contribution in [0.2, 0.25) is 0 Å². The van der Waals surface area contributed by atoms with Gasteiger partial charge >= 0.3 is 0 Å². The predicted octanol–water partition coefficient (Wildman–Crippen LogP) is 2.67. The third kappa shape index (κ3) is 2.58. The molecule has 1 rings (SSSR count). The Hall–Kier alpha value is -0.350. The Morgan fingerprint density at radius 1 is 1.43 bits per heavy atom. The summed E-state index contributed by atoms with van der Waals surface area (Å²) in [6.07, 6.45) is 2.00. The van der Waals surface area contributed by atoms with E-state index in [0.29, 0.717) is 6.61 Å². The molecule has 0 amide bonds. The molecule has 0 bridgehead atoms. The molecule has 4 heteroatoms. The van der Waals surface area contributed by atoms with Gasteiger partial charge in [-0.15, -0.1) is 0 Å². The van der Waals surface area contributed by atoms with Gasteiger partial charge in [0.25, 0.3) is 0 Å². The molecule has 0 atom stereocenters. The van der Waals surface area contributed by atoms with Crippen LogP contribution in [0.5, 0.6) is 0 Å². The standard InChI is InChI=1S/C10H17BrN2O/c1-4-6-14-7-9-10(11)8(5-2)12-13(9)3/h4-7H2,1-3H3. The molecule has 0 radical (unpaired) electrons. The maximum absolute atomic E-state index is 5.50. The number of ether oxygens (including phenoxy) is 1. The quantitative estimate of drug-likeness (QED) is 0.762. The Bertz CT molecular complexity index is 297. The largest absolute Gasteiger partial charge is 0.375 e. The lowest BCUT2D eigenvalue weighted by Gasteiger charge is -2.03. The highest BCUT2D eigenvalue weighted by atomic mass is 79.9. The van der Waals surface area contributed by atoms with Crippen molar-refractivity contribution in [2.45, 2.75) is 33.3 Å². The summed E-state index contributed by atoms with van der Waals surface area (Å²) in [5, 5.41) is 4.40. The maximum Gasteiger partial charge on any atom is 0.0896 e. The second-order valence-corrected chi connectivity index (χ2v) is 4.03. The van der Waals surface area contributed by atoms with Crippen molar-refractivity contribution in [2.24, 2.45) is 7.05 Å². The molecule has 0 aromatic carbocycles. The van der Waals surface area contributed by atoms with E-state index in [1.807, 2.05) is 11.7 Å². The summed E-state index contributed by atoms with van der Waals surface area (Å²) in [7, 11) is 1.95. The van der Waals surface area contributed by atoms with Gasteiger partial charge in [0.1, 0.15) is 0 Å². The second-order valence-electron chi connectivity index (χ2n) is 3.24. The van der Waals surface area contributed by atoms with Gasteiger partial charge in [0.2, 0.25) is 0 Å². The van der Waals surface area contributed by atoms with Crippen LogP contribution >= 0.6 is 15.9 Å². The molecule has 1 heterocycles. The van der Waals surface area contributed by atoms with Gasteiger partial charge in [-0.2, -0.15) is 5.10 Å². The van der Waals surface area contributed by atoms with Crippen LogP contribution in [0, 0.1) is 0 Å². The van der Waals surface area contributed by atoms with Crippen LogP contribution < -0.4 is 0 Å². The van der Waals surface area contributed by atoms with Crippen molar-refractivity contribution in [3.63, 3.8) is 0 Å². The number of halogens is 1. The lowest BCUT2D eigenvalue weighted by molar-refractivity contribution is 0.116. The lowest BCUT2D eigenvalue weighted by atomic mass is 10.3. The summed E-state index contributed by atoms with van der Waals surface area (Å²) in [6.45, 7) is 5.65. The van der Waals surface area contributed by atoms with Crippen LogP contribution in [0.1, 0.15) is 31.7 Å². The van der Waals surface area contributed by atoms with Crippen LogP contribution in [0.3, 0.4) is 0 Å². The van der Waals surface area contributed by atoms with Crippen molar-refractivity contribution in [3.8, 4) is 0 Å². The highest BCUT2D eigenvalue weighted by Crippen LogP contribution is 2.22. The molecule has 0 saturated carbocycles. The minimum atomic E-state index is 0.637. The Labute approximate surface area is 93.6 Å². The Morgan fingerprint density at radius 3 is 2.64 bits per heavy atom. The fraction of sp³-hybridized carbons (Fsp3) is 0.700. The van der Waals surface area contributed by atoms with Gasteiger partial charge in [-0.25, -0.2) is 0 Å². The molecule has 0 unspecified atom stereocenters. The summed E-state index contributed by atoms with van der Waals surface area (Å²) in [5.74, 6) is 0. The topological polar surface area (TPSA) is 27.1 Å². The fourth-order valence-corrected chi connectivity index (χ4v) is 2.02. The molecule has 1 aromatic rings. The summed E-state index contributed by atoms with van der Waals surface area (Å²) >= 11 is 3.55. The van der Waals surface area contributed by atoms with E-state index in [4.69, 9.17) is 4.74 Å². The smallest absolute Gasteiger partial charge is 0.0896 e. The van der Waals surface area contributed by atoms with E-state index in [0.717, 1.165) is 35.3 Å². The number of rotatable bonds is 5.